The number of fused-ring (bicyclic) bond motifs is 1. The number of para-hydroxylation sites is 1. The highest BCUT2D eigenvalue weighted by Crippen LogP contribution is 2.43. The predicted octanol–water partition coefficient (Wildman–Crippen LogP) is 2.51. The molecule has 0 amide bonds. The van der Waals surface area contributed by atoms with E-state index in [0.717, 1.165) is 18.7 Å². The molecule has 0 N–H and O–H groups in total. The van der Waals surface area contributed by atoms with Crippen LogP contribution in [-0.4, -0.2) is 26.3 Å². The average Bonchev–Trinajstić information content (AvgIpc) is 3.32. The van der Waals surface area contributed by atoms with E-state index in [-0.39, 0.29) is 5.43 Å². The van der Waals surface area contributed by atoms with Gasteiger partial charge in [0.2, 0.25) is 0 Å². The lowest BCUT2D eigenvalue weighted by molar-refractivity contribution is 0.121. The van der Waals surface area contributed by atoms with Crippen molar-refractivity contribution in [2.75, 3.05) is 31.2 Å². The lowest BCUT2D eigenvalue weighted by Crippen LogP contribution is -2.36. The second-order valence-corrected chi connectivity index (χ2v) is 5.55. The second-order valence-electron chi connectivity index (χ2n) is 5.55. The first-order valence-electron chi connectivity index (χ1n) is 7.22. The van der Waals surface area contributed by atoms with Gasteiger partial charge in [0.25, 0.3) is 0 Å². The summed E-state index contributed by atoms with van der Waals surface area (Å²) >= 11 is 0. The first kappa shape index (κ1) is 12.0. The molecule has 2 aromatic rings. The molecule has 0 atom stereocenters. The molecule has 0 bridgehead atoms. The van der Waals surface area contributed by atoms with Crippen molar-refractivity contribution in [3.05, 3.63) is 40.1 Å². The standard InChI is InChI=1S/C16H17NO3/c18-14-10-15(17-6-8-19-9-7-17)20-16-12(11-4-5-11)2-1-3-13(14)16/h1-3,10-11H,4-9H2. The van der Waals surface area contributed by atoms with Crippen LogP contribution < -0.4 is 10.3 Å². The van der Waals surface area contributed by atoms with Crippen LogP contribution in [0.25, 0.3) is 11.0 Å². The Morgan fingerprint density at radius 2 is 1.95 bits per heavy atom. The summed E-state index contributed by atoms with van der Waals surface area (Å²) in [7, 11) is 0. The van der Waals surface area contributed by atoms with Gasteiger partial charge >= 0.3 is 0 Å². The van der Waals surface area contributed by atoms with Gasteiger partial charge in [0.15, 0.2) is 11.3 Å². The molecule has 20 heavy (non-hydrogen) atoms. The Labute approximate surface area is 116 Å². The molecule has 0 unspecified atom stereocenters. The third-order valence-corrected chi connectivity index (χ3v) is 4.11. The number of rotatable bonds is 2. The Morgan fingerprint density at radius 1 is 1.15 bits per heavy atom. The van der Waals surface area contributed by atoms with Gasteiger partial charge in [-0.05, 0) is 30.4 Å². The Hall–Kier alpha value is -1.81. The van der Waals surface area contributed by atoms with Crippen molar-refractivity contribution in [2.45, 2.75) is 18.8 Å². The molecule has 2 aliphatic rings. The van der Waals surface area contributed by atoms with Crippen molar-refractivity contribution < 1.29 is 9.15 Å². The van der Waals surface area contributed by atoms with E-state index in [1.54, 1.807) is 6.07 Å². The zero-order chi connectivity index (χ0) is 13.5. The molecule has 0 spiro atoms. The molecule has 2 fully saturated rings. The van der Waals surface area contributed by atoms with Gasteiger partial charge in [0.05, 0.1) is 18.6 Å². The number of morpholine rings is 1. The van der Waals surface area contributed by atoms with Crippen molar-refractivity contribution in [3.8, 4) is 0 Å². The van der Waals surface area contributed by atoms with Crippen LogP contribution in [0.3, 0.4) is 0 Å². The Bertz CT molecular complexity index is 696. The molecule has 1 saturated carbocycles. The third kappa shape index (κ3) is 2.00. The van der Waals surface area contributed by atoms with E-state index in [9.17, 15) is 4.79 Å². The molecule has 1 aromatic carbocycles. The van der Waals surface area contributed by atoms with Crippen LogP contribution >= 0.6 is 0 Å². The highest BCUT2D eigenvalue weighted by molar-refractivity contribution is 5.81. The molecule has 4 nitrogen and oxygen atoms in total. The van der Waals surface area contributed by atoms with Crippen LogP contribution in [0.1, 0.15) is 24.3 Å². The number of nitrogens with zero attached hydrogens (tertiary/aromatic N) is 1. The molecule has 104 valence electrons. The van der Waals surface area contributed by atoms with Gasteiger partial charge in [-0.3, -0.25) is 4.79 Å². The molecular formula is C16H17NO3. The molecule has 1 aromatic heterocycles. The minimum absolute atomic E-state index is 0.0511. The van der Waals surface area contributed by atoms with E-state index in [1.807, 2.05) is 12.1 Å². The molecule has 4 rings (SSSR count). The minimum Gasteiger partial charge on any atom is -0.440 e. The maximum absolute atomic E-state index is 12.3. The van der Waals surface area contributed by atoms with Crippen molar-refractivity contribution in [3.63, 3.8) is 0 Å². The van der Waals surface area contributed by atoms with Gasteiger partial charge in [-0.15, -0.1) is 0 Å². The molecular weight excluding hydrogens is 254 g/mol. The quantitative estimate of drug-likeness (QED) is 0.841. The SMILES string of the molecule is O=c1cc(N2CCOCC2)oc2c(C3CC3)cccc12. The fourth-order valence-corrected chi connectivity index (χ4v) is 2.84. The molecule has 1 aliphatic carbocycles. The van der Waals surface area contributed by atoms with Crippen molar-refractivity contribution in [1.82, 2.24) is 0 Å². The van der Waals surface area contributed by atoms with Gasteiger partial charge in [-0.1, -0.05) is 12.1 Å². The van der Waals surface area contributed by atoms with Gasteiger partial charge in [0.1, 0.15) is 5.58 Å². The Morgan fingerprint density at radius 3 is 2.70 bits per heavy atom. The monoisotopic (exact) mass is 271 g/mol. The summed E-state index contributed by atoms with van der Waals surface area (Å²) in [5.41, 5.74) is 2.02. The maximum Gasteiger partial charge on any atom is 0.200 e. The zero-order valence-corrected chi connectivity index (χ0v) is 11.3. The fourth-order valence-electron chi connectivity index (χ4n) is 2.84. The van der Waals surface area contributed by atoms with Crippen LogP contribution in [0.5, 0.6) is 0 Å². The van der Waals surface area contributed by atoms with Gasteiger partial charge in [-0.25, -0.2) is 0 Å². The molecule has 1 aliphatic heterocycles. The van der Waals surface area contributed by atoms with Gasteiger partial charge < -0.3 is 14.1 Å². The number of hydrogen-bond donors (Lipinski definition) is 0. The average molecular weight is 271 g/mol. The van der Waals surface area contributed by atoms with Crippen LogP contribution in [-0.2, 0) is 4.74 Å². The summed E-state index contributed by atoms with van der Waals surface area (Å²) in [6.45, 7) is 2.93. The van der Waals surface area contributed by atoms with Crippen molar-refractivity contribution in [2.24, 2.45) is 0 Å². The summed E-state index contributed by atoms with van der Waals surface area (Å²) in [5, 5.41) is 0.700. The zero-order valence-electron chi connectivity index (χ0n) is 11.3. The largest absolute Gasteiger partial charge is 0.440 e. The summed E-state index contributed by atoms with van der Waals surface area (Å²) in [6.07, 6.45) is 2.40. The predicted molar refractivity (Wildman–Crippen MR) is 77.5 cm³/mol. The summed E-state index contributed by atoms with van der Waals surface area (Å²) < 4.78 is 11.4. The molecule has 1 saturated heterocycles. The van der Waals surface area contributed by atoms with Crippen LogP contribution in [0.15, 0.2) is 33.5 Å². The summed E-state index contributed by atoms with van der Waals surface area (Å²) in [6, 6.07) is 7.52. The Balaban J connectivity index is 1.86. The van der Waals surface area contributed by atoms with Crippen LogP contribution in [0.4, 0.5) is 5.88 Å². The lowest BCUT2D eigenvalue weighted by Gasteiger charge is -2.27. The Kier molecular flexibility index (Phi) is 2.77. The summed E-state index contributed by atoms with van der Waals surface area (Å²) in [5.74, 6) is 1.25. The lowest BCUT2D eigenvalue weighted by atomic mass is 10.1. The number of hydrogen-bond acceptors (Lipinski definition) is 4. The van der Waals surface area contributed by atoms with E-state index < -0.39 is 0 Å². The van der Waals surface area contributed by atoms with E-state index in [4.69, 9.17) is 9.15 Å². The molecule has 2 heterocycles. The topological polar surface area (TPSA) is 42.7 Å². The first-order chi connectivity index (χ1) is 9.83. The van der Waals surface area contributed by atoms with Crippen molar-refractivity contribution in [1.29, 1.82) is 0 Å². The van der Waals surface area contributed by atoms with Crippen LogP contribution in [0.2, 0.25) is 0 Å². The number of ether oxygens (including phenoxy) is 1. The van der Waals surface area contributed by atoms with Crippen LogP contribution in [0, 0.1) is 0 Å². The smallest absolute Gasteiger partial charge is 0.200 e. The van der Waals surface area contributed by atoms with E-state index in [2.05, 4.69) is 11.0 Å². The van der Waals surface area contributed by atoms with Gasteiger partial charge in [-0.2, -0.15) is 0 Å². The normalized spacial score (nSPS) is 19.5. The first-order valence-corrected chi connectivity index (χ1v) is 7.22. The summed E-state index contributed by atoms with van der Waals surface area (Å²) in [4.78, 5) is 14.4. The van der Waals surface area contributed by atoms with Gasteiger partial charge in [0, 0.05) is 19.2 Å². The highest BCUT2D eigenvalue weighted by atomic mass is 16.5. The highest BCUT2D eigenvalue weighted by Gasteiger charge is 2.27. The molecule has 4 heteroatoms. The minimum atomic E-state index is 0.0511. The van der Waals surface area contributed by atoms with E-state index >= 15 is 0 Å². The number of benzene rings is 1. The maximum atomic E-state index is 12.3. The van der Waals surface area contributed by atoms with E-state index in [1.165, 1.54) is 18.4 Å². The number of anilines is 1. The second kappa shape index (κ2) is 4.63. The fraction of sp³-hybridized carbons (Fsp3) is 0.438. The van der Waals surface area contributed by atoms with Crippen molar-refractivity contribution >= 4 is 16.9 Å². The van der Waals surface area contributed by atoms with E-state index in [0.29, 0.717) is 30.4 Å². The third-order valence-electron chi connectivity index (χ3n) is 4.11. The molecule has 0 radical (unpaired) electrons.